The van der Waals surface area contributed by atoms with Crippen molar-refractivity contribution in [1.82, 2.24) is 9.78 Å². The second kappa shape index (κ2) is 9.53. The largest absolute Gasteiger partial charge is 0.457 e. The van der Waals surface area contributed by atoms with Gasteiger partial charge in [0.05, 0.1) is 17.8 Å². The van der Waals surface area contributed by atoms with Crippen molar-refractivity contribution in [2.24, 2.45) is 0 Å². The third-order valence-corrected chi connectivity index (χ3v) is 6.15. The Morgan fingerprint density at radius 3 is 2.19 bits per heavy atom. The second-order valence-electron chi connectivity index (χ2n) is 9.01. The topological polar surface area (TPSA) is 27.1 Å². The van der Waals surface area contributed by atoms with Crippen LogP contribution in [-0.2, 0) is 12.7 Å². The zero-order valence-electron chi connectivity index (χ0n) is 20.0. The Morgan fingerprint density at radius 1 is 0.806 bits per heavy atom. The highest BCUT2D eigenvalue weighted by molar-refractivity contribution is 5.95. The molecule has 0 bridgehead atoms. The fraction of sp³-hybridized carbons (Fsp3) is 0.167. The lowest BCUT2D eigenvalue weighted by Crippen LogP contribution is -2.06. The van der Waals surface area contributed by atoms with Gasteiger partial charge in [-0.15, -0.1) is 0 Å². The summed E-state index contributed by atoms with van der Waals surface area (Å²) in [5, 5.41) is 4.90. The van der Waals surface area contributed by atoms with Crippen LogP contribution in [0.4, 0.5) is 13.2 Å². The first-order valence-electron chi connectivity index (χ1n) is 11.8. The Bertz CT molecular complexity index is 1490. The van der Waals surface area contributed by atoms with Crippen LogP contribution < -0.4 is 4.74 Å². The number of rotatable bonds is 6. The highest BCUT2D eigenvalue weighted by atomic mass is 19.4. The molecule has 4 aromatic carbocycles. The van der Waals surface area contributed by atoms with Gasteiger partial charge in [0.25, 0.3) is 0 Å². The zero-order valence-corrected chi connectivity index (χ0v) is 20.0. The van der Waals surface area contributed by atoms with Gasteiger partial charge in [0, 0.05) is 10.9 Å². The smallest absolute Gasteiger partial charge is 0.418 e. The molecular weight excluding hydrogens is 461 g/mol. The number of fused-ring (bicyclic) bond motifs is 1. The number of hydrogen-bond acceptors (Lipinski definition) is 2. The predicted molar refractivity (Wildman–Crippen MR) is 136 cm³/mol. The van der Waals surface area contributed by atoms with Crippen LogP contribution in [0, 0.1) is 0 Å². The van der Waals surface area contributed by atoms with Gasteiger partial charge in [-0.2, -0.15) is 18.3 Å². The Morgan fingerprint density at radius 2 is 1.50 bits per heavy atom. The highest BCUT2D eigenvalue weighted by Gasteiger charge is 2.34. The molecule has 1 aromatic heterocycles. The van der Waals surface area contributed by atoms with Gasteiger partial charge in [0.15, 0.2) is 0 Å². The zero-order chi connectivity index (χ0) is 25.3. The summed E-state index contributed by atoms with van der Waals surface area (Å²) in [6, 6.07) is 29.1. The molecule has 0 N–H and O–H groups in total. The maximum atomic E-state index is 13.8. The third kappa shape index (κ3) is 4.71. The Balaban J connectivity index is 1.58. The number of hydrogen-bond donors (Lipinski definition) is 0. The fourth-order valence-corrected chi connectivity index (χ4v) is 4.41. The standard InChI is InChI=1S/C30H25F3N2O/c1-20(2)24-11-6-7-14-27(24)36-23-17-15-22(16-18-23)29-25-12-8-13-26(30(31,32)33)28(25)34-35(29)19-21-9-4-3-5-10-21/h3-18,20H,19H2,1-2H3. The van der Waals surface area contributed by atoms with E-state index in [1.54, 1.807) is 10.7 Å². The van der Waals surface area contributed by atoms with Crippen molar-refractivity contribution < 1.29 is 17.9 Å². The normalized spacial score (nSPS) is 11.8. The fourth-order valence-electron chi connectivity index (χ4n) is 4.41. The van der Waals surface area contributed by atoms with E-state index in [-0.39, 0.29) is 5.52 Å². The minimum absolute atomic E-state index is 0.0536. The average Bonchev–Trinajstić information content (AvgIpc) is 3.22. The summed E-state index contributed by atoms with van der Waals surface area (Å²) in [5.41, 5.74) is 2.66. The van der Waals surface area contributed by atoms with Crippen molar-refractivity contribution in [1.29, 1.82) is 0 Å². The van der Waals surface area contributed by atoms with Crippen LogP contribution in [0.1, 0.15) is 36.5 Å². The molecule has 0 atom stereocenters. The van der Waals surface area contributed by atoms with E-state index >= 15 is 0 Å². The summed E-state index contributed by atoms with van der Waals surface area (Å²) >= 11 is 0. The Labute approximate surface area is 207 Å². The van der Waals surface area contributed by atoms with Crippen LogP contribution in [-0.4, -0.2) is 9.78 Å². The van der Waals surface area contributed by atoms with Crippen LogP contribution in [0.5, 0.6) is 11.5 Å². The molecule has 36 heavy (non-hydrogen) atoms. The maximum absolute atomic E-state index is 13.8. The molecule has 6 heteroatoms. The van der Waals surface area contributed by atoms with Crippen LogP contribution in [0.2, 0.25) is 0 Å². The van der Waals surface area contributed by atoms with Gasteiger partial charge in [-0.3, -0.25) is 4.68 Å². The molecular formula is C30H25F3N2O. The number of para-hydroxylation sites is 1. The predicted octanol–water partition coefficient (Wildman–Crippen LogP) is 8.69. The van der Waals surface area contributed by atoms with E-state index in [1.807, 2.05) is 78.9 Å². The highest BCUT2D eigenvalue weighted by Crippen LogP contribution is 2.39. The van der Waals surface area contributed by atoms with Gasteiger partial charge >= 0.3 is 6.18 Å². The lowest BCUT2D eigenvalue weighted by molar-refractivity contribution is -0.136. The molecule has 0 aliphatic rings. The van der Waals surface area contributed by atoms with Gasteiger partial charge in [0.1, 0.15) is 17.0 Å². The van der Waals surface area contributed by atoms with E-state index in [9.17, 15) is 13.2 Å². The molecule has 0 saturated heterocycles. The maximum Gasteiger partial charge on any atom is 0.418 e. The number of aromatic nitrogens is 2. The molecule has 0 fully saturated rings. The Hall–Kier alpha value is -4.06. The van der Waals surface area contributed by atoms with E-state index < -0.39 is 11.7 Å². The molecule has 0 saturated carbocycles. The molecule has 3 nitrogen and oxygen atoms in total. The van der Waals surface area contributed by atoms with Crippen molar-refractivity contribution >= 4 is 10.9 Å². The minimum atomic E-state index is -4.50. The summed E-state index contributed by atoms with van der Waals surface area (Å²) in [7, 11) is 0. The van der Waals surface area contributed by atoms with Crippen molar-refractivity contribution in [2.75, 3.05) is 0 Å². The van der Waals surface area contributed by atoms with Crippen LogP contribution in [0.3, 0.4) is 0 Å². The lowest BCUT2D eigenvalue weighted by Gasteiger charge is -2.14. The van der Waals surface area contributed by atoms with Gasteiger partial charge in [-0.05, 0) is 53.4 Å². The molecule has 0 unspecified atom stereocenters. The first-order valence-corrected chi connectivity index (χ1v) is 11.8. The van der Waals surface area contributed by atoms with Crippen molar-refractivity contribution in [2.45, 2.75) is 32.5 Å². The number of nitrogens with zero attached hydrogens (tertiary/aromatic N) is 2. The van der Waals surface area contributed by atoms with E-state index in [0.29, 0.717) is 29.3 Å². The SMILES string of the molecule is CC(C)c1ccccc1Oc1ccc(-c2c3cccc(C(F)(F)F)c3nn2Cc2ccccc2)cc1. The molecule has 0 aliphatic heterocycles. The Kier molecular flexibility index (Phi) is 6.27. The summed E-state index contributed by atoms with van der Waals surface area (Å²) in [5.74, 6) is 1.75. The molecule has 0 aliphatic carbocycles. The van der Waals surface area contributed by atoms with Crippen LogP contribution in [0.25, 0.3) is 22.2 Å². The molecule has 5 rings (SSSR count). The quantitative estimate of drug-likeness (QED) is 0.240. The van der Waals surface area contributed by atoms with Gasteiger partial charge < -0.3 is 4.74 Å². The minimum Gasteiger partial charge on any atom is -0.457 e. The van der Waals surface area contributed by atoms with Crippen LogP contribution in [0.15, 0.2) is 97.1 Å². The molecule has 1 heterocycles. The first-order chi connectivity index (χ1) is 17.3. The second-order valence-corrected chi connectivity index (χ2v) is 9.01. The molecule has 5 aromatic rings. The van der Waals surface area contributed by atoms with Crippen molar-refractivity contribution in [3.05, 3.63) is 114 Å². The van der Waals surface area contributed by atoms with Crippen molar-refractivity contribution in [3.63, 3.8) is 0 Å². The number of halogens is 3. The third-order valence-electron chi connectivity index (χ3n) is 6.15. The monoisotopic (exact) mass is 486 g/mol. The van der Waals surface area contributed by atoms with E-state index in [0.717, 1.165) is 28.5 Å². The van der Waals surface area contributed by atoms with Gasteiger partial charge in [0.2, 0.25) is 0 Å². The summed E-state index contributed by atoms with van der Waals surface area (Å²) in [6.07, 6.45) is -4.50. The number of alkyl halides is 3. The van der Waals surface area contributed by atoms with E-state index in [4.69, 9.17) is 4.74 Å². The van der Waals surface area contributed by atoms with Gasteiger partial charge in [-0.25, -0.2) is 0 Å². The molecule has 0 radical (unpaired) electrons. The summed E-state index contributed by atoms with van der Waals surface area (Å²) in [4.78, 5) is 0. The average molecular weight is 487 g/mol. The molecule has 0 spiro atoms. The number of benzene rings is 4. The molecule has 182 valence electrons. The van der Waals surface area contributed by atoms with Gasteiger partial charge in [-0.1, -0.05) is 74.5 Å². The van der Waals surface area contributed by atoms with Crippen LogP contribution >= 0.6 is 0 Å². The van der Waals surface area contributed by atoms with Crippen molar-refractivity contribution in [3.8, 4) is 22.8 Å². The first kappa shape index (κ1) is 23.7. The summed E-state index contributed by atoms with van der Waals surface area (Å²) < 4.78 is 49.1. The van der Waals surface area contributed by atoms with E-state index in [2.05, 4.69) is 18.9 Å². The molecule has 0 amide bonds. The summed E-state index contributed by atoms with van der Waals surface area (Å²) in [6.45, 7) is 4.57. The van der Waals surface area contributed by atoms with E-state index in [1.165, 1.54) is 6.07 Å². The lowest BCUT2D eigenvalue weighted by atomic mass is 10.0. The number of ether oxygens (including phenoxy) is 1.